The van der Waals surface area contributed by atoms with Crippen LogP contribution >= 0.6 is 0 Å². The van der Waals surface area contributed by atoms with Crippen LogP contribution in [0.5, 0.6) is 0 Å². The minimum Gasteiger partial charge on any atom is -0.334 e. The van der Waals surface area contributed by atoms with Gasteiger partial charge in [-0.25, -0.2) is 4.39 Å². The summed E-state index contributed by atoms with van der Waals surface area (Å²) in [6.45, 7) is 3.93. The average Bonchev–Trinajstić information content (AvgIpc) is 3.05. The molecule has 0 aliphatic carbocycles. The molecule has 5 nitrogen and oxygen atoms in total. The number of aryl methyl sites for hydroxylation is 2. The molecule has 0 spiro atoms. The number of hydrazone groups is 1. The predicted molar refractivity (Wildman–Crippen MR) is 116 cm³/mol. The summed E-state index contributed by atoms with van der Waals surface area (Å²) in [5.41, 5.74) is 7.05. The van der Waals surface area contributed by atoms with Crippen molar-refractivity contribution in [3.63, 3.8) is 0 Å². The first-order chi connectivity index (χ1) is 14.9. The Morgan fingerprint density at radius 2 is 1.52 bits per heavy atom. The van der Waals surface area contributed by atoms with Crippen LogP contribution in [0.3, 0.4) is 0 Å². The Labute approximate surface area is 180 Å². The van der Waals surface area contributed by atoms with Crippen LogP contribution in [-0.2, 0) is 4.79 Å². The Morgan fingerprint density at radius 3 is 2.13 bits per heavy atom. The lowest BCUT2D eigenvalue weighted by Crippen LogP contribution is -2.42. The Bertz CT molecular complexity index is 1140. The summed E-state index contributed by atoms with van der Waals surface area (Å²) in [6, 6.07) is 19.7. The topological polar surface area (TPSA) is 61.2 Å². The van der Waals surface area contributed by atoms with Crippen molar-refractivity contribution in [3.05, 3.63) is 106 Å². The molecule has 1 heterocycles. The quantitative estimate of drug-likeness (QED) is 0.640. The highest BCUT2D eigenvalue weighted by molar-refractivity contribution is 5.98. The molecule has 2 amide bonds. The highest BCUT2D eigenvalue weighted by atomic mass is 19.1. The molecule has 0 bridgehead atoms. The van der Waals surface area contributed by atoms with Crippen molar-refractivity contribution in [2.45, 2.75) is 25.9 Å². The van der Waals surface area contributed by atoms with Gasteiger partial charge in [-0.05, 0) is 50.2 Å². The summed E-state index contributed by atoms with van der Waals surface area (Å²) in [6.07, 6.45) is 1.74. The molecule has 4 rings (SSSR count). The van der Waals surface area contributed by atoms with Gasteiger partial charge in [0.2, 0.25) is 12.3 Å². The maximum atomic E-state index is 13.3. The van der Waals surface area contributed by atoms with Crippen LogP contribution in [0.25, 0.3) is 0 Å². The monoisotopic (exact) mass is 416 g/mol. The molecule has 1 saturated heterocycles. The summed E-state index contributed by atoms with van der Waals surface area (Å²) >= 11 is 0. The first-order valence-corrected chi connectivity index (χ1v) is 10.0. The minimum absolute atomic E-state index is 0.315. The molecule has 3 aromatic carbocycles. The molecular formula is C25H23FN3O2+. The van der Waals surface area contributed by atoms with E-state index in [4.69, 9.17) is 0 Å². The molecule has 0 saturated carbocycles. The van der Waals surface area contributed by atoms with Gasteiger partial charge in [0.05, 0.1) is 0 Å². The van der Waals surface area contributed by atoms with Crippen LogP contribution in [0.1, 0.15) is 38.7 Å². The number of hydrogen-bond donors (Lipinski definition) is 2. The number of halogens is 1. The zero-order valence-corrected chi connectivity index (χ0v) is 17.3. The summed E-state index contributed by atoms with van der Waals surface area (Å²) in [4.78, 5) is 25.7. The number of nitrogens with one attached hydrogen (secondary N) is 2. The van der Waals surface area contributed by atoms with Crippen molar-refractivity contribution in [2.24, 2.45) is 0 Å². The van der Waals surface area contributed by atoms with Crippen molar-refractivity contribution in [3.8, 4) is 0 Å². The summed E-state index contributed by atoms with van der Waals surface area (Å²) in [7, 11) is 0. The Balaban J connectivity index is 1.69. The lowest BCUT2D eigenvalue weighted by Gasteiger charge is -2.15. The molecule has 156 valence electrons. The molecule has 1 aliphatic heterocycles. The number of amides is 2. The zero-order valence-electron chi connectivity index (χ0n) is 17.3. The van der Waals surface area contributed by atoms with Gasteiger partial charge >= 0.3 is 5.91 Å². The second-order valence-electron chi connectivity index (χ2n) is 7.74. The molecule has 2 N–H and O–H groups in total. The molecule has 0 aromatic heterocycles. The van der Waals surface area contributed by atoms with Crippen molar-refractivity contribution in [1.82, 2.24) is 10.7 Å². The Hall–Kier alpha value is -3.80. The molecule has 2 atom stereocenters. The Morgan fingerprint density at radius 1 is 0.935 bits per heavy atom. The highest BCUT2D eigenvalue weighted by Gasteiger charge is 2.47. The molecule has 31 heavy (non-hydrogen) atoms. The first kappa shape index (κ1) is 20.5. The predicted octanol–water partition coefficient (Wildman–Crippen LogP) is 3.46. The van der Waals surface area contributed by atoms with Crippen LogP contribution in [0, 0.1) is 19.7 Å². The van der Waals surface area contributed by atoms with Crippen LogP contribution in [0.2, 0.25) is 0 Å². The molecule has 6 heteroatoms. The van der Waals surface area contributed by atoms with Gasteiger partial charge in [0.1, 0.15) is 5.82 Å². The largest absolute Gasteiger partial charge is 0.334 e. The van der Waals surface area contributed by atoms with Gasteiger partial charge < -0.3 is 5.32 Å². The number of benzene rings is 3. The van der Waals surface area contributed by atoms with Gasteiger partial charge in [-0.1, -0.05) is 47.5 Å². The summed E-state index contributed by atoms with van der Waals surface area (Å²) in [5, 5.41) is 2.88. The third-order valence-corrected chi connectivity index (χ3v) is 5.31. The number of hydrogen-bond acceptors (Lipinski definition) is 2. The molecule has 1 aliphatic rings. The van der Waals surface area contributed by atoms with E-state index in [0.717, 1.165) is 22.3 Å². The smallest absolute Gasteiger partial charge is 0.304 e. The number of rotatable bonds is 4. The molecular weight excluding hydrogens is 393 g/mol. The summed E-state index contributed by atoms with van der Waals surface area (Å²) in [5.74, 6) is -0.966. The van der Waals surface area contributed by atoms with E-state index in [1.54, 1.807) is 35.2 Å². The maximum absolute atomic E-state index is 13.3. The number of carbonyl (C=O) groups excluding carboxylic acids is 2. The average molecular weight is 416 g/mol. The van der Waals surface area contributed by atoms with Gasteiger partial charge in [0.15, 0.2) is 6.04 Å². The van der Waals surface area contributed by atoms with E-state index in [1.807, 2.05) is 50.2 Å². The van der Waals surface area contributed by atoms with E-state index in [9.17, 15) is 14.0 Å². The lowest BCUT2D eigenvalue weighted by molar-refractivity contribution is -0.596. The van der Waals surface area contributed by atoms with Crippen molar-refractivity contribution >= 4 is 18.0 Å². The number of carbonyl (C=O) groups is 2. The first-order valence-electron chi connectivity index (χ1n) is 10.0. The van der Waals surface area contributed by atoms with E-state index in [-0.39, 0.29) is 17.6 Å². The van der Waals surface area contributed by atoms with Gasteiger partial charge in [-0.3, -0.25) is 9.59 Å². The molecule has 3 aromatic rings. The molecule has 0 unspecified atom stereocenters. The highest BCUT2D eigenvalue weighted by Crippen LogP contribution is 2.26. The van der Waals surface area contributed by atoms with Gasteiger partial charge in [-0.15, -0.1) is 10.1 Å². The third-order valence-electron chi connectivity index (χ3n) is 5.31. The third kappa shape index (κ3) is 4.53. The second kappa shape index (κ2) is 8.52. The number of hydrazine groups is 1. The van der Waals surface area contributed by atoms with E-state index < -0.39 is 12.1 Å². The minimum atomic E-state index is -0.798. The van der Waals surface area contributed by atoms with Crippen LogP contribution < -0.4 is 10.7 Å². The summed E-state index contributed by atoms with van der Waals surface area (Å²) < 4.78 is 15.0. The van der Waals surface area contributed by atoms with Crippen LogP contribution in [0.15, 0.2) is 72.8 Å². The Kier molecular flexibility index (Phi) is 5.62. The van der Waals surface area contributed by atoms with E-state index in [0.29, 0.717) is 5.56 Å². The fourth-order valence-electron chi connectivity index (χ4n) is 3.58. The maximum Gasteiger partial charge on any atom is 0.304 e. The SMILES string of the molecule is Cc1ccc(C(=O)N[C@@H]2C(=O)N/[N+](=C\c3ccc(F)cc3)[C@@H]2c2ccc(C)cc2)cc1. The van der Waals surface area contributed by atoms with Crippen LogP contribution in [0.4, 0.5) is 4.39 Å². The standard InChI is InChI=1S/C25H22FN3O2/c1-16-3-9-19(10-4-16)23-22(27-24(30)20-11-5-17(2)6-12-20)25(31)28-29(23)15-18-7-13-21(26)14-8-18/h3-15,22-23H,1-2H3,(H-,27,28,30,31)/p+1/b29-15-/t22-,23+/m0/s1. The number of nitrogens with zero attached hydrogens (tertiary/aromatic N) is 1. The fraction of sp³-hybridized carbons (Fsp3) is 0.160. The van der Waals surface area contributed by atoms with E-state index in [2.05, 4.69) is 10.7 Å². The van der Waals surface area contributed by atoms with E-state index >= 15 is 0 Å². The van der Waals surface area contributed by atoms with E-state index in [1.165, 1.54) is 12.1 Å². The van der Waals surface area contributed by atoms with Crippen molar-refractivity contribution in [1.29, 1.82) is 0 Å². The van der Waals surface area contributed by atoms with Gasteiger partial charge in [0.25, 0.3) is 5.91 Å². The second-order valence-corrected chi connectivity index (χ2v) is 7.74. The van der Waals surface area contributed by atoms with Gasteiger partial charge in [-0.2, -0.15) is 0 Å². The molecule has 0 radical (unpaired) electrons. The fourth-order valence-corrected chi connectivity index (χ4v) is 3.58. The van der Waals surface area contributed by atoms with Crippen LogP contribution in [-0.4, -0.2) is 28.8 Å². The zero-order chi connectivity index (χ0) is 22.0. The molecule has 1 fully saturated rings. The normalized spacial score (nSPS) is 19.3. The lowest BCUT2D eigenvalue weighted by atomic mass is 9.98. The van der Waals surface area contributed by atoms with Crippen molar-refractivity contribution in [2.75, 3.05) is 0 Å². The van der Waals surface area contributed by atoms with Crippen molar-refractivity contribution < 1.29 is 18.7 Å². The van der Waals surface area contributed by atoms with Gasteiger partial charge in [0, 0.05) is 16.7 Å².